The van der Waals surface area contributed by atoms with Gasteiger partial charge in [-0.25, -0.2) is 9.78 Å². The summed E-state index contributed by atoms with van der Waals surface area (Å²) in [6.45, 7) is 5.23. The van der Waals surface area contributed by atoms with E-state index in [1.165, 1.54) is 0 Å². The van der Waals surface area contributed by atoms with Gasteiger partial charge >= 0.3 is 6.09 Å². The Balaban J connectivity index is 1.22. The van der Waals surface area contributed by atoms with E-state index >= 15 is 0 Å². The van der Waals surface area contributed by atoms with Crippen molar-refractivity contribution in [3.05, 3.63) is 60.4 Å². The van der Waals surface area contributed by atoms with Crippen molar-refractivity contribution < 1.29 is 19.4 Å². The number of amides is 1. The molecule has 4 rings (SSSR count). The molecule has 1 aromatic carbocycles. The fraction of sp³-hybridized carbons (Fsp3) is 0.375. The van der Waals surface area contributed by atoms with Gasteiger partial charge in [-0.05, 0) is 35.9 Å². The van der Waals surface area contributed by atoms with Crippen LogP contribution in [-0.4, -0.2) is 83.9 Å². The van der Waals surface area contributed by atoms with E-state index in [1.807, 2.05) is 24.3 Å². The van der Waals surface area contributed by atoms with Crippen molar-refractivity contribution in [3.8, 4) is 11.6 Å². The van der Waals surface area contributed by atoms with E-state index in [1.54, 1.807) is 37.7 Å². The van der Waals surface area contributed by atoms with E-state index in [-0.39, 0.29) is 5.88 Å². The average Bonchev–Trinajstić information content (AvgIpc) is 2.85. The zero-order valence-electron chi connectivity index (χ0n) is 18.7. The lowest BCUT2D eigenvalue weighted by Crippen LogP contribution is -2.49. The molecule has 0 saturated carbocycles. The standard InChI is InChI=1S/C24H29N5O4/c1-32-18-5-6-21-20(16-18)19(7-9-25-21)22(30)17-29-14-12-28(13-15-29)11-10-27-24(31)33-23-4-2-3-8-26-23/h2-9,16,22,30H,10-15,17H2,1H3,(H,27,31)/t22-/m0/s1. The number of fused-ring (bicyclic) bond motifs is 1. The van der Waals surface area contributed by atoms with E-state index in [2.05, 4.69) is 25.1 Å². The number of nitrogens with zero attached hydrogens (tertiary/aromatic N) is 4. The highest BCUT2D eigenvalue weighted by Crippen LogP contribution is 2.27. The summed E-state index contributed by atoms with van der Waals surface area (Å²) in [5.41, 5.74) is 1.70. The Kier molecular flexibility index (Phi) is 7.66. The number of aliphatic hydroxyl groups is 1. The molecule has 174 valence electrons. The molecule has 33 heavy (non-hydrogen) atoms. The maximum Gasteiger partial charge on any atom is 0.413 e. The van der Waals surface area contributed by atoms with Crippen LogP contribution in [0.2, 0.25) is 0 Å². The predicted molar refractivity (Wildman–Crippen MR) is 124 cm³/mol. The number of hydrogen-bond donors (Lipinski definition) is 2. The molecule has 1 aliphatic rings. The first kappa shape index (κ1) is 22.9. The van der Waals surface area contributed by atoms with Crippen LogP contribution < -0.4 is 14.8 Å². The largest absolute Gasteiger partial charge is 0.497 e. The van der Waals surface area contributed by atoms with E-state index in [9.17, 15) is 9.90 Å². The number of benzene rings is 1. The SMILES string of the molecule is COc1ccc2nccc([C@@H](O)CN3CCN(CCNC(=O)Oc4ccccn4)CC3)c2c1. The van der Waals surface area contributed by atoms with Crippen molar-refractivity contribution in [2.75, 3.05) is 52.9 Å². The topological polar surface area (TPSA) is 100 Å². The second-order valence-electron chi connectivity index (χ2n) is 7.93. The van der Waals surface area contributed by atoms with Crippen molar-refractivity contribution in [2.24, 2.45) is 0 Å². The summed E-state index contributed by atoms with van der Waals surface area (Å²) < 4.78 is 10.5. The lowest BCUT2D eigenvalue weighted by Gasteiger charge is -2.35. The third kappa shape index (κ3) is 6.16. The second kappa shape index (κ2) is 11.0. The second-order valence-corrected chi connectivity index (χ2v) is 7.93. The van der Waals surface area contributed by atoms with Crippen molar-refractivity contribution >= 4 is 17.0 Å². The number of carbonyl (C=O) groups is 1. The molecule has 9 heteroatoms. The van der Waals surface area contributed by atoms with Gasteiger partial charge in [0, 0.05) is 69.7 Å². The number of aromatic nitrogens is 2. The summed E-state index contributed by atoms with van der Waals surface area (Å²) in [6.07, 6.45) is 2.19. The van der Waals surface area contributed by atoms with Gasteiger partial charge in [0.05, 0.1) is 18.7 Å². The third-order valence-electron chi connectivity index (χ3n) is 5.77. The number of aliphatic hydroxyl groups excluding tert-OH is 1. The Labute approximate surface area is 193 Å². The molecule has 1 aliphatic heterocycles. The number of carbonyl (C=O) groups excluding carboxylic acids is 1. The maximum absolute atomic E-state index is 11.9. The van der Waals surface area contributed by atoms with E-state index < -0.39 is 12.2 Å². The van der Waals surface area contributed by atoms with Crippen molar-refractivity contribution in [1.82, 2.24) is 25.1 Å². The minimum Gasteiger partial charge on any atom is -0.497 e. The van der Waals surface area contributed by atoms with Crippen LogP contribution in [0.4, 0.5) is 4.79 Å². The van der Waals surface area contributed by atoms with Crippen LogP contribution in [-0.2, 0) is 0 Å². The Bertz CT molecular complexity index is 1060. The monoisotopic (exact) mass is 451 g/mol. The van der Waals surface area contributed by atoms with Crippen LogP contribution >= 0.6 is 0 Å². The molecule has 0 bridgehead atoms. The smallest absolute Gasteiger partial charge is 0.413 e. The van der Waals surface area contributed by atoms with Gasteiger partial charge in [0.2, 0.25) is 5.88 Å². The molecule has 1 saturated heterocycles. The first-order chi connectivity index (χ1) is 16.1. The first-order valence-electron chi connectivity index (χ1n) is 11.0. The number of piperazine rings is 1. The lowest BCUT2D eigenvalue weighted by molar-refractivity contribution is 0.0734. The summed E-state index contributed by atoms with van der Waals surface area (Å²) in [5.74, 6) is 1.03. The number of methoxy groups -OCH3 is 1. The molecule has 1 amide bonds. The molecule has 3 heterocycles. The summed E-state index contributed by atoms with van der Waals surface area (Å²) in [6, 6.07) is 12.7. The molecule has 0 spiro atoms. The molecule has 0 aliphatic carbocycles. The number of rotatable bonds is 8. The highest BCUT2D eigenvalue weighted by Gasteiger charge is 2.21. The molecular weight excluding hydrogens is 422 g/mol. The molecule has 3 aromatic rings. The number of hydrogen-bond acceptors (Lipinski definition) is 8. The number of pyridine rings is 2. The van der Waals surface area contributed by atoms with Gasteiger partial charge in [-0.2, -0.15) is 0 Å². The van der Waals surface area contributed by atoms with Gasteiger partial charge in [-0.1, -0.05) is 6.07 Å². The number of nitrogens with one attached hydrogen (secondary N) is 1. The summed E-state index contributed by atoms with van der Waals surface area (Å²) >= 11 is 0. The minimum atomic E-state index is -0.614. The Morgan fingerprint density at radius 1 is 1.09 bits per heavy atom. The Morgan fingerprint density at radius 3 is 2.67 bits per heavy atom. The zero-order chi connectivity index (χ0) is 23.0. The van der Waals surface area contributed by atoms with Crippen LogP contribution in [0.25, 0.3) is 10.9 Å². The predicted octanol–water partition coefficient (Wildman–Crippen LogP) is 2.08. The van der Waals surface area contributed by atoms with Gasteiger partial charge in [-0.3, -0.25) is 14.8 Å². The molecular formula is C24H29N5O4. The van der Waals surface area contributed by atoms with Crippen LogP contribution in [0.15, 0.2) is 54.9 Å². The van der Waals surface area contributed by atoms with Crippen molar-refractivity contribution in [3.63, 3.8) is 0 Å². The van der Waals surface area contributed by atoms with Gasteiger partial charge in [-0.15, -0.1) is 0 Å². The molecule has 2 N–H and O–H groups in total. The fourth-order valence-corrected chi connectivity index (χ4v) is 3.96. The molecule has 9 nitrogen and oxygen atoms in total. The van der Waals surface area contributed by atoms with Crippen molar-refractivity contribution in [1.29, 1.82) is 0 Å². The van der Waals surface area contributed by atoms with E-state index in [0.717, 1.165) is 54.9 Å². The number of β-amino-alcohol motifs (C(OH)–C–C–N with tert-alkyl or cyclic N) is 1. The third-order valence-corrected chi connectivity index (χ3v) is 5.77. The first-order valence-corrected chi connectivity index (χ1v) is 11.0. The highest BCUT2D eigenvalue weighted by atomic mass is 16.6. The highest BCUT2D eigenvalue weighted by molar-refractivity contribution is 5.83. The molecule has 1 atom stereocenters. The van der Waals surface area contributed by atoms with Gasteiger partial charge in [0.15, 0.2) is 0 Å². The van der Waals surface area contributed by atoms with Crippen LogP contribution in [0.1, 0.15) is 11.7 Å². The molecule has 0 radical (unpaired) electrons. The summed E-state index contributed by atoms with van der Waals surface area (Å²) in [5, 5.41) is 14.6. The van der Waals surface area contributed by atoms with Gasteiger partial charge in [0.1, 0.15) is 5.75 Å². The normalized spacial score (nSPS) is 15.8. The number of ether oxygens (including phenoxy) is 2. The van der Waals surface area contributed by atoms with Gasteiger partial charge < -0.3 is 19.9 Å². The molecule has 1 fully saturated rings. The van der Waals surface area contributed by atoms with E-state index in [4.69, 9.17) is 9.47 Å². The summed E-state index contributed by atoms with van der Waals surface area (Å²) in [7, 11) is 1.63. The van der Waals surface area contributed by atoms with Crippen molar-refractivity contribution in [2.45, 2.75) is 6.10 Å². The maximum atomic E-state index is 11.9. The minimum absolute atomic E-state index is 0.280. The Morgan fingerprint density at radius 2 is 1.91 bits per heavy atom. The Hall–Kier alpha value is -3.27. The summed E-state index contributed by atoms with van der Waals surface area (Å²) in [4.78, 5) is 24.8. The molecule has 0 unspecified atom stereocenters. The van der Waals surface area contributed by atoms with Crippen LogP contribution in [0.5, 0.6) is 11.6 Å². The van der Waals surface area contributed by atoms with Crippen LogP contribution in [0.3, 0.4) is 0 Å². The lowest BCUT2D eigenvalue weighted by atomic mass is 10.0. The zero-order valence-corrected chi connectivity index (χ0v) is 18.7. The fourth-order valence-electron chi connectivity index (χ4n) is 3.96. The van der Waals surface area contributed by atoms with E-state index in [0.29, 0.717) is 13.1 Å². The van der Waals surface area contributed by atoms with Gasteiger partial charge in [0.25, 0.3) is 0 Å². The average molecular weight is 452 g/mol. The van der Waals surface area contributed by atoms with Crippen LogP contribution in [0, 0.1) is 0 Å². The quantitative estimate of drug-likeness (QED) is 0.537. The molecule has 2 aromatic heterocycles.